The summed E-state index contributed by atoms with van der Waals surface area (Å²) in [7, 11) is -3.08. The molecule has 0 spiro atoms. The fourth-order valence-electron chi connectivity index (χ4n) is 2.56. The van der Waals surface area contributed by atoms with Crippen molar-refractivity contribution in [3.05, 3.63) is 30.5 Å². The minimum Gasteiger partial charge on any atom is -0.285 e. The van der Waals surface area contributed by atoms with Gasteiger partial charge in [-0.2, -0.15) is 5.10 Å². The minimum atomic E-state index is -3.08. The SMILES string of the molecule is CS(=O)(=O)N1CC[C@@H](Cc2cnc(-c3cn[nH]c3)cn2)C1. The molecule has 0 aliphatic carbocycles. The number of nitrogens with zero attached hydrogens (tertiary/aromatic N) is 4. The maximum atomic E-state index is 11.5. The number of aromatic nitrogens is 4. The smallest absolute Gasteiger partial charge is 0.211 e. The van der Waals surface area contributed by atoms with Crippen molar-refractivity contribution in [3.8, 4) is 11.3 Å². The molecule has 112 valence electrons. The zero-order valence-electron chi connectivity index (χ0n) is 11.7. The van der Waals surface area contributed by atoms with Crippen LogP contribution in [0, 0.1) is 5.92 Å². The molecular formula is C13H17N5O2S. The fourth-order valence-corrected chi connectivity index (χ4v) is 3.48. The molecule has 1 aliphatic rings. The zero-order chi connectivity index (χ0) is 14.9. The first kappa shape index (κ1) is 14.2. The van der Waals surface area contributed by atoms with E-state index in [9.17, 15) is 8.42 Å². The van der Waals surface area contributed by atoms with Crippen molar-refractivity contribution in [1.29, 1.82) is 0 Å². The number of nitrogens with one attached hydrogen (secondary N) is 1. The van der Waals surface area contributed by atoms with Crippen LogP contribution in [0.4, 0.5) is 0 Å². The van der Waals surface area contributed by atoms with Crippen molar-refractivity contribution in [2.75, 3.05) is 19.3 Å². The monoisotopic (exact) mass is 307 g/mol. The van der Waals surface area contributed by atoms with Crippen molar-refractivity contribution >= 4 is 10.0 Å². The number of sulfonamides is 1. The molecule has 0 aromatic carbocycles. The average molecular weight is 307 g/mol. The average Bonchev–Trinajstić information content (AvgIpc) is 3.09. The summed E-state index contributed by atoms with van der Waals surface area (Å²) in [6.07, 6.45) is 9.84. The fraction of sp³-hybridized carbons (Fsp3) is 0.462. The zero-order valence-corrected chi connectivity index (χ0v) is 12.5. The van der Waals surface area contributed by atoms with Gasteiger partial charge >= 0.3 is 0 Å². The Morgan fingerprint density at radius 1 is 1.33 bits per heavy atom. The molecule has 1 fully saturated rings. The molecule has 3 heterocycles. The summed E-state index contributed by atoms with van der Waals surface area (Å²) in [6, 6.07) is 0. The lowest BCUT2D eigenvalue weighted by molar-refractivity contribution is 0.459. The molecule has 1 N–H and O–H groups in total. The third kappa shape index (κ3) is 3.27. The van der Waals surface area contributed by atoms with Crippen LogP contribution in [0.5, 0.6) is 0 Å². The summed E-state index contributed by atoms with van der Waals surface area (Å²) in [5.41, 5.74) is 2.57. The van der Waals surface area contributed by atoms with Gasteiger partial charge in [0.05, 0.1) is 30.0 Å². The summed E-state index contributed by atoms with van der Waals surface area (Å²) in [4.78, 5) is 8.79. The lowest BCUT2D eigenvalue weighted by Gasteiger charge is -2.13. The van der Waals surface area contributed by atoms with Gasteiger partial charge in [0.25, 0.3) is 0 Å². The molecule has 0 saturated carbocycles. The maximum Gasteiger partial charge on any atom is 0.211 e. The second-order valence-electron chi connectivity index (χ2n) is 5.36. The van der Waals surface area contributed by atoms with Gasteiger partial charge in [-0.15, -0.1) is 0 Å². The maximum absolute atomic E-state index is 11.5. The molecule has 1 atom stereocenters. The summed E-state index contributed by atoms with van der Waals surface area (Å²) in [5, 5.41) is 6.62. The highest BCUT2D eigenvalue weighted by molar-refractivity contribution is 7.88. The van der Waals surface area contributed by atoms with Gasteiger partial charge in [0, 0.05) is 31.0 Å². The molecule has 7 nitrogen and oxygen atoms in total. The van der Waals surface area contributed by atoms with Crippen LogP contribution < -0.4 is 0 Å². The van der Waals surface area contributed by atoms with Gasteiger partial charge in [-0.1, -0.05) is 0 Å². The van der Waals surface area contributed by atoms with Gasteiger partial charge in [-0.05, 0) is 18.8 Å². The largest absolute Gasteiger partial charge is 0.285 e. The van der Waals surface area contributed by atoms with Crippen molar-refractivity contribution in [2.24, 2.45) is 5.92 Å². The van der Waals surface area contributed by atoms with Gasteiger partial charge in [0.2, 0.25) is 10.0 Å². The minimum absolute atomic E-state index is 0.314. The van der Waals surface area contributed by atoms with Crippen LogP contribution in [0.3, 0.4) is 0 Å². The lowest BCUT2D eigenvalue weighted by Crippen LogP contribution is -2.27. The number of rotatable bonds is 4. The van der Waals surface area contributed by atoms with Crippen molar-refractivity contribution in [2.45, 2.75) is 12.8 Å². The van der Waals surface area contributed by atoms with E-state index in [2.05, 4.69) is 20.2 Å². The van der Waals surface area contributed by atoms with Crippen LogP contribution in [-0.2, 0) is 16.4 Å². The number of hydrogen-bond donors (Lipinski definition) is 1. The van der Waals surface area contributed by atoms with E-state index in [4.69, 9.17) is 0 Å². The van der Waals surface area contributed by atoms with Gasteiger partial charge < -0.3 is 0 Å². The third-order valence-electron chi connectivity index (χ3n) is 3.71. The Hall–Kier alpha value is -1.80. The normalized spacial score (nSPS) is 20.0. The molecule has 2 aromatic heterocycles. The number of H-pyrrole nitrogens is 1. The van der Waals surface area contributed by atoms with Gasteiger partial charge in [0.1, 0.15) is 0 Å². The molecule has 0 radical (unpaired) electrons. The highest BCUT2D eigenvalue weighted by atomic mass is 32.2. The number of hydrogen-bond acceptors (Lipinski definition) is 5. The van der Waals surface area contributed by atoms with Crippen molar-refractivity contribution in [3.63, 3.8) is 0 Å². The van der Waals surface area contributed by atoms with Crippen LogP contribution in [-0.4, -0.2) is 52.2 Å². The van der Waals surface area contributed by atoms with Crippen molar-refractivity contribution in [1.82, 2.24) is 24.5 Å². The van der Waals surface area contributed by atoms with Crippen LogP contribution >= 0.6 is 0 Å². The van der Waals surface area contributed by atoms with E-state index in [1.54, 1.807) is 24.8 Å². The van der Waals surface area contributed by atoms with E-state index in [0.717, 1.165) is 29.8 Å². The summed E-state index contributed by atoms with van der Waals surface area (Å²) >= 11 is 0. The molecule has 8 heteroatoms. The Balaban J connectivity index is 1.64. The first-order valence-electron chi connectivity index (χ1n) is 6.77. The molecule has 21 heavy (non-hydrogen) atoms. The number of aromatic amines is 1. The highest BCUT2D eigenvalue weighted by Gasteiger charge is 2.28. The van der Waals surface area contributed by atoms with Crippen LogP contribution in [0.2, 0.25) is 0 Å². The van der Waals surface area contributed by atoms with Crippen LogP contribution in [0.25, 0.3) is 11.3 Å². The van der Waals surface area contributed by atoms with Crippen molar-refractivity contribution < 1.29 is 8.42 Å². The standard InChI is InChI=1S/C13H17N5O2S/c1-21(19,20)18-3-2-10(9-18)4-12-7-15-13(8-14-12)11-5-16-17-6-11/h5-8,10H,2-4,9H2,1H3,(H,16,17)/t10-/m0/s1. The van der Waals surface area contributed by atoms with E-state index < -0.39 is 10.0 Å². The van der Waals surface area contributed by atoms with Crippen LogP contribution in [0.1, 0.15) is 12.1 Å². The molecule has 0 amide bonds. The molecule has 3 rings (SSSR count). The quantitative estimate of drug-likeness (QED) is 0.897. The predicted octanol–water partition coefficient (Wildman–Crippen LogP) is 0.691. The highest BCUT2D eigenvalue weighted by Crippen LogP contribution is 2.22. The Morgan fingerprint density at radius 2 is 2.19 bits per heavy atom. The van der Waals surface area contributed by atoms with E-state index in [1.165, 1.54) is 10.6 Å². The topological polar surface area (TPSA) is 91.8 Å². The second kappa shape index (κ2) is 5.53. The van der Waals surface area contributed by atoms with Crippen LogP contribution in [0.15, 0.2) is 24.8 Å². The Kier molecular flexibility index (Phi) is 3.73. The molecule has 0 bridgehead atoms. The predicted molar refractivity (Wildman–Crippen MR) is 77.8 cm³/mol. The molecule has 1 saturated heterocycles. The Bertz CT molecular complexity index is 697. The lowest BCUT2D eigenvalue weighted by atomic mass is 10.0. The second-order valence-corrected chi connectivity index (χ2v) is 7.34. The molecule has 2 aromatic rings. The first-order valence-corrected chi connectivity index (χ1v) is 8.62. The first-order chi connectivity index (χ1) is 10.0. The summed E-state index contributed by atoms with van der Waals surface area (Å²) in [6.45, 7) is 1.17. The molecule has 1 aliphatic heterocycles. The third-order valence-corrected chi connectivity index (χ3v) is 4.98. The summed E-state index contributed by atoms with van der Waals surface area (Å²) < 4.78 is 24.5. The van der Waals surface area contributed by atoms with Gasteiger partial charge in [-0.25, -0.2) is 12.7 Å². The molecular weight excluding hydrogens is 290 g/mol. The summed E-state index contributed by atoms with van der Waals surface area (Å²) in [5.74, 6) is 0.314. The van der Waals surface area contributed by atoms with Gasteiger partial charge in [0.15, 0.2) is 0 Å². The molecule has 0 unspecified atom stereocenters. The van der Waals surface area contributed by atoms with Gasteiger partial charge in [-0.3, -0.25) is 15.1 Å². The Labute approximate surface area is 123 Å². The van der Waals surface area contributed by atoms with E-state index >= 15 is 0 Å². The Morgan fingerprint density at radius 3 is 2.76 bits per heavy atom. The van der Waals surface area contributed by atoms with E-state index in [0.29, 0.717) is 19.0 Å². The van der Waals surface area contributed by atoms with E-state index in [1.807, 2.05) is 0 Å². The van der Waals surface area contributed by atoms with E-state index in [-0.39, 0.29) is 0 Å².